The van der Waals surface area contributed by atoms with Crippen molar-refractivity contribution in [3.05, 3.63) is 97.7 Å². The lowest BCUT2D eigenvalue weighted by Crippen LogP contribution is -2.41. The lowest BCUT2D eigenvalue weighted by Gasteiger charge is -2.27. The summed E-state index contributed by atoms with van der Waals surface area (Å²) in [6.07, 6.45) is -5.78. The Morgan fingerprint density at radius 3 is 2.12 bits per heavy atom. The number of aromatic nitrogens is 1. The number of benzene rings is 2. The molecule has 0 aliphatic carbocycles. The number of pyridine rings is 1. The molecule has 2 atom stereocenters. The number of likely N-dealkylation sites (N-methyl/N-ethyl adjacent to an activating group) is 1. The number of aliphatic carboxylic acids is 1. The summed E-state index contributed by atoms with van der Waals surface area (Å²) >= 11 is 0. The molecule has 1 aromatic heterocycles. The second-order valence-electron chi connectivity index (χ2n) is 13.0. The minimum atomic E-state index is -4.82. The Hall–Kier alpha value is -4.39. The lowest BCUT2D eigenvalue weighted by atomic mass is 9.89. The molecule has 0 saturated heterocycles. The summed E-state index contributed by atoms with van der Waals surface area (Å²) in [4.78, 5) is 40.8. The fourth-order valence-electron chi connectivity index (χ4n) is 5.97. The van der Waals surface area contributed by atoms with Gasteiger partial charge in [-0.1, -0.05) is 26.0 Å². The van der Waals surface area contributed by atoms with Crippen LogP contribution < -0.4 is 10.9 Å². The van der Waals surface area contributed by atoms with Gasteiger partial charge < -0.3 is 19.9 Å². The zero-order valence-electron chi connectivity index (χ0n) is 28.4. The summed E-state index contributed by atoms with van der Waals surface area (Å²) in [5, 5.41) is 12.4. The van der Waals surface area contributed by atoms with Crippen molar-refractivity contribution in [3.8, 4) is 11.1 Å². The Morgan fingerprint density at radius 2 is 1.61 bits per heavy atom. The van der Waals surface area contributed by atoms with E-state index < -0.39 is 59.6 Å². The van der Waals surface area contributed by atoms with Gasteiger partial charge in [-0.25, -0.2) is 4.39 Å². The number of hydrogen-bond donors (Lipinski definition) is 2. The number of carbonyl (C=O) groups is 2. The maximum Gasteiger partial charge on any atom is 0.416 e. The van der Waals surface area contributed by atoms with Gasteiger partial charge in [-0.15, -0.1) is 0 Å². The Kier molecular flexibility index (Phi) is 12.7. The molecule has 13 heteroatoms. The zero-order chi connectivity index (χ0) is 37.0. The van der Waals surface area contributed by atoms with Crippen molar-refractivity contribution < 1.29 is 41.0 Å². The van der Waals surface area contributed by atoms with E-state index >= 15 is 4.39 Å². The molecule has 0 fully saturated rings. The molecule has 0 radical (unpaired) electrons. The Bertz CT molecular complexity index is 1770. The number of hydrogen-bond acceptors (Lipinski definition) is 4. The number of halogens is 6. The lowest BCUT2D eigenvalue weighted by molar-refractivity contribution is -0.139. The van der Waals surface area contributed by atoms with Gasteiger partial charge in [0.2, 0.25) is 5.91 Å². The van der Waals surface area contributed by atoms with Crippen LogP contribution in [-0.2, 0) is 22.2 Å². The SMILES string of the molecule is Cc1cc(-c2c(C)cc(C=C(F)F)cc2C)cc(C(CC(=O)O)NC(=O)C(CC(C)C)n2cc(CCN(C)C)c(C(F)(F)F)cc2=O)c1F. The van der Waals surface area contributed by atoms with Crippen molar-refractivity contribution in [1.29, 1.82) is 0 Å². The molecule has 0 aliphatic heterocycles. The van der Waals surface area contributed by atoms with Crippen LogP contribution in [0.3, 0.4) is 0 Å². The third-order valence-electron chi connectivity index (χ3n) is 8.10. The summed E-state index contributed by atoms with van der Waals surface area (Å²) in [6.45, 7) is 8.56. The van der Waals surface area contributed by atoms with Crippen LogP contribution in [0.1, 0.15) is 77.7 Å². The van der Waals surface area contributed by atoms with Crippen LogP contribution in [0.5, 0.6) is 0 Å². The maximum absolute atomic E-state index is 15.8. The predicted octanol–water partition coefficient (Wildman–Crippen LogP) is 7.86. The van der Waals surface area contributed by atoms with E-state index in [0.717, 1.165) is 10.8 Å². The van der Waals surface area contributed by atoms with Crippen LogP contribution in [0.25, 0.3) is 17.2 Å². The minimum absolute atomic E-state index is 0.00419. The van der Waals surface area contributed by atoms with Gasteiger partial charge >= 0.3 is 12.1 Å². The average molecular weight is 694 g/mol. The van der Waals surface area contributed by atoms with Gasteiger partial charge in [0.1, 0.15) is 11.9 Å². The third-order valence-corrected chi connectivity index (χ3v) is 8.10. The highest BCUT2D eigenvalue weighted by Gasteiger charge is 2.36. The topological polar surface area (TPSA) is 91.6 Å². The molecule has 3 aromatic rings. The van der Waals surface area contributed by atoms with E-state index in [-0.39, 0.29) is 47.6 Å². The largest absolute Gasteiger partial charge is 0.481 e. The van der Waals surface area contributed by atoms with Gasteiger partial charge in [0.25, 0.3) is 11.6 Å². The maximum atomic E-state index is 15.8. The number of carboxylic acid groups (broad SMARTS) is 1. The van der Waals surface area contributed by atoms with E-state index in [2.05, 4.69) is 5.32 Å². The summed E-state index contributed by atoms with van der Waals surface area (Å²) < 4.78 is 84.3. The third kappa shape index (κ3) is 10.1. The van der Waals surface area contributed by atoms with Crippen molar-refractivity contribution in [2.75, 3.05) is 20.6 Å². The minimum Gasteiger partial charge on any atom is -0.481 e. The van der Waals surface area contributed by atoms with Gasteiger partial charge in [-0.05, 0) is 105 Å². The number of nitrogens with one attached hydrogen (secondary N) is 1. The normalized spacial score (nSPS) is 13.0. The molecule has 266 valence electrons. The zero-order valence-corrected chi connectivity index (χ0v) is 28.4. The van der Waals surface area contributed by atoms with E-state index in [1.807, 2.05) is 0 Å². The monoisotopic (exact) mass is 693 g/mol. The Morgan fingerprint density at radius 1 is 1.00 bits per heavy atom. The molecule has 7 nitrogen and oxygen atoms in total. The Balaban J connectivity index is 2.16. The highest BCUT2D eigenvalue weighted by molar-refractivity contribution is 5.82. The molecule has 0 bridgehead atoms. The standard InChI is InChI=1S/C36H41F6N3O4/c1-19(2)10-29(45-18-24(8-9-44(6)7)27(16-31(45)46)36(40,41)42)35(49)43-28(17-32(47)48)26-15-25(13-22(5)34(26)39)33-20(3)11-23(12-21(33)4)14-30(37)38/h11-16,18-19,28-29H,8-10,17H2,1-7H3,(H,43,49)(H,47,48). The van der Waals surface area contributed by atoms with Gasteiger partial charge in [0, 0.05) is 30.4 Å². The van der Waals surface area contributed by atoms with Crippen molar-refractivity contribution in [3.63, 3.8) is 0 Å². The molecule has 1 heterocycles. The first-order valence-electron chi connectivity index (χ1n) is 15.6. The number of carbonyl (C=O) groups excluding carboxylic acids is 1. The molecule has 2 aromatic carbocycles. The first-order chi connectivity index (χ1) is 22.7. The van der Waals surface area contributed by atoms with E-state index in [1.54, 1.807) is 46.7 Å². The van der Waals surface area contributed by atoms with Crippen LogP contribution in [0.4, 0.5) is 26.3 Å². The molecule has 3 rings (SSSR count). The van der Waals surface area contributed by atoms with Gasteiger partial charge in [0.15, 0.2) is 0 Å². The number of nitrogens with zero attached hydrogens (tertiary/aromatic N) is 2. The van der Waals surface area contributed by atoms with Crippen LogP contribution in [0.15, 0.2) is 47.4 Å². The smallest absolute Gasteiger partial charge is 0.416 e. The van der Waals surface area contributed by atoms with Crippen molar-refractivity contribution in [2.45, 2.75) is 72.1 Å². The van der Waals surface area contributed by atoms with E-state index in [4.69, 9.17) is 0 Å². The highest BCUT2D eigenvalue weighted by atomic mass is 19.4. The molecular weight excluding hydrogens is 652 g/mol. The van der Waals surface area contributed by atoms with E-state index in [1.165, 1.54) is 31.2 Å². The molecule has 1 amide bonds. The highest BCUT2D eigenvalue weighted by Crippen LogP contribution is 2.35. The first kappa shape index (κ1) is 39.1. The van der Waals surface area contributed by atoms with Crippen LogP contribution in [0, 0.1) is 32.5 Å². The first-order valence-corrected chi connectivity index (χ1v) is 15.6. The number of aryl methyl sites for hydroxylation is 3. The summed E-state index contributed by atoms with van der Waals surface area (Å²) in [6, 6.07) is 3.64. The summed E-state index contributed by atoms with van der Waals surface area (Å²) in [5.41, 5.74) is 0.0662. The van der Waals surface area contributed by atoms with Gasteiger partial charge in [-0.2, -0.15) is 22.0 Å². The molecule has 0 aliphatic rings. The molecule has 2 N–H and O–H groups in total. The van der Waals surface area contributed by atoms with Crippen molar-refractivity contribution >= 4 is 18.0 Å². The molecule has 0 spiro atoms. The van der Waals surface area contributed by atoms with Gasteiger partial charge in [0.05, 0.1) is 18.0 Å². The van der Waals surface area contributed by atoms with Crippen LogP contribution in [-0.4, -0.2) is 47.1 Å². The number of amides is 1. The molecule has 49 heavy (non-hydrogen) atoms. The molecular formula is C36H41F6N3O4. The number of rotatable bonds is 13. The fraction of sp³-hybridized carbons (Fsp3) is 0.417. The molecule has 0 saturated carbocycles. The van der Waals surface area contributed by atoms with Crippen molar-refractivity contribution in [1.82, 2.24) is 14.8 Å². The number of carboxylic acids is 1. The van der Waals surface area contributed by atoms with E-state index in [9.17, 15) is 41.4 Å². The second-order valence-corrected chi connectivity index (χ2v) is 13.0. The predicted molar refractivity (Wildman–Crippen MR) is 176 cm³/mol. The van der Waals surface area contributed by atoms with Gasteiger partial charge in [-0.3, -0.25) is 14.4 Å². The Labute approximate surface area is 281 Å². The average Bonchev–Trinajstić information content (AvgIpc) is 2.95. The quantitative estimate of drug-likeness (QED) is 0.178. The van der Waals surface area contributed by atoms with Crippen LogP contribution in [0.2, 0.25) is 0 Å². The summed E-state index contributed by atoms with van der Waals surface area (Å²) in [7, 11) is 3.36. The van der Waals surface area contributed by atoms with Crippen LogP contribution >= 0.6 is 0 Å². The fourth-order valence-corrected chi connectivity index (χ4v) is 5.97. The second kappa shape index (κ2) is 15.9. The molecule has 2 unspecified atom stereocenters. The van der Waals surface area contributed by atoms with E-state index in [0.29, 0.717) is 34.4 Å². The summed E-state index contributed by atoms with van der Waals surface area (Å²) in [5.74, 6) is -3.27. The van der Waals surface area contributed by atoms with Crippen molar-refractivity contribution in [2.24, 2.45) is 5.92 Å². The number of alkyl halides is 3.